The van der Waals surface area contributed by atoms with E-state index >= 15 is 0 Å². The minimum atomic E-state index is -0.178. The summed E-state index contributed by atoms with van der Waals surface area (Å²) in [5, 5.41) is 3.10. The number of hydrogen-bond donors (Lipinski definition) is 2. The van der Waals surface area contributed by atoms with Crippen LogP contribution in [0.15, 0.2) is 0 Å². The van der Waals surface area contributed by atoms with Crippen molar-refractivity contribution in [1.82, 2.24) is 5.32 Å². The van der Waals surface area contributed by atoms with Crippen LogP contribution < -0.4 is 11.1 Å². The van der Waals surface area contributed by atoms with Crippen LogP contribution in [0, 0.1) is 23.2 Å². The Morgan fingerprint density at radius 2 is 1.71 bits per heavy atom. The van der Waals surface area contributed by atoms with Crippen molar-refractivity contribution in [2.24, 2.45) is 28.9 Å². The Kier molecular flexibility index (Phi) is 2.69. The minimum Gasteiger partial charge on any atom is -0.368 e. The lowest BCUT2D eigenvalue weighted by atomic mass is 9.48. The smallest absolute Gasteiger partial charge is 0.234 e. The Bertz CT molecular complexity index is 291. The van der Waals surface area contributed by atoms with E-state index in [0.717, 1.165) is 24.2 Å². The molecule has 0 radical (unpaired) electrons. The zero-order valence-electron chi connectivity index (χ0n) is 10.7. The SMILES string of the molecule is CNC(CC12CC3CC(CC(C3)C1)C2)C(N)=O. The summed E-state index contributed by atoms with van der Waals surface area (Å²) >= 11 is 0. The largest absolute Gasteiger partial charge is 0.368 e. The van der Waals surface area contributed by atoms with E-state index in [1.54, 1.807) is 0 Å². The summed E-state index contributed by atoms with van der Waals surface area (Å²) in [6.45, 7) is 0. The van der Waals surface area contributed by atoms with Crippen molar-refractivity contribution >= 4 is 5.91 Å². The number of rotatable bonds is 4. The maximum absolute atomic E-state index is 11.4. The van der Waals surface area contributed by atoms with Crippen LogP contribution in [0.5, 0.6) is 0 Å². The molecule has 4 rings (SSSR count). The molecule has 0 saturated heterocycles. The van der Waals surface area contributed by atoms with Crippen molar-refractivity contribution in [1.29, 1.82) is 0 Å². The van der Waals surface area contributed by atoms with Crippen LogP contribution in [0.3, 0.4) is 0 Å². The molecule has 0 aromatic carbocycles. The van der Waals surface area contributed by atoms with Gasteiger partial charge in [0.05, 0.1) is 6.04 Å². The van der Waals surface area contributed by atoms with Crippen LogP contribution in [-0.2, 0) is 4.79 Å². The molecule has 4 bridgehead atoms. The lowest BCUT2D eigenvalue weighted by Crippen LogP contribution is -2.51. The average Bonchev–Trinajstić information content (AvgIpc) is 2.23. The van der Waals surface area contributed by atoms with Crippen LogP contribution in [0.4, 0.5) is 0 Å². The Labute approximate surface area is 104 Å². The summed E-state index contributed by atoms with van der Waals surface area (Å²) in [5.74, 6) is 2.67. The van der Waals surface area contributed by atoms with E-state index in [1.807, 2.05) is 7.05 Å². The number of carbonyl (C=O) groups is 1. The molecule has 1 atom stereocenters. The molecular weight excluding hydrogens is 212 g/mol. The zero-order chi connectivity index (χ0) is 12.0. The molecule has 0 aliphatic heterocycles. The van der Waals surface area contributed by atoms with Gasteiger partial charge in [0, 0.05) is 0 Å². The van der Waals surface area contributed by atoms with E-state index in [-0.39, 0.29) is 11.9 Å². The molecule has 0 aromatic rings. The molecule has 4 aliphatic carbocycles. The molecule has 4 fully saturated rings. The normalized spacial score (nSPS) is 44.9. The Balaban J connectivity index is 1.75. The molecule has 96 valence electrons. The number of hydrogen-bond acceptors (Lipinski definition) is 2. The average molecular weight is 236 g/mol. The van der Waals surface area contributed by atoms with Crippen LogP contribution in [-0.4, -0.2) is 19.0 Å². The molecule has 0 heterocycles. The second-order valence-electron chi connectivity index (χ2n) is 6.87. The van der Waals surface area contributed by atoms with Gasteiger partial charge >= 0.3 is 0 Å². The Hall–Kier alpha value is -0.570. The van der Waals surface area contributed by atoms with Gasteiger partial charge in [0.25, 0.3) is 0 Å². The maximum atomic E-state index is 11.4. The van der Waals surface area contributed by atoms with Crippen LogP contribution in [0.2, 0.25) is 0 Å². The third-order valence-corrected chi connectivity index (χ3v) is 5.49. The molecule has 0 aromatic heterocycles. The van der Waals surface area contributed by atoms with E-state index in [4.69, 9.17) is 5.73 Å². The monoisotopic (exact) mass is 236 g/mol. The summed E-state index contributed by atoms with van der Waals surface area (Å²) in [6, 6.07) is -0.119. The fourth-order valence-corrected chi connectivity index (χ4v) is 5.32. The first-order chi connectivity index (χ1) is 8.10. The number of primary amides is 1. The van der Waals surface area contributed by atoms with Gasteiger partial charge in [-0.15, -0.1) is 0 Å². The summed E-state index contributed by atoms with van der Waals surface area (Å²) in [5.41, 5.74) is 5.92. The Morgan fingerprint density at radius 1 is 1.24 bits per heavy atom. The van der Waals surface area contributed by atoms with Gasteiger partial charge in [-0.25, -0.2) is 0 Å². The van der Waals surface area contributed by atoms with Crippen LogP contribution in [0.1, 0.15) is 44.9 Å². The fourth-order valence-electron chi connectivity index (χ4n) is 5.32. The van der Waals surface area contributed by atoms with Crippen molar-refractivity contribution in [2.75, 3.05) is 7.05 Å². The lowest BCUT2D eigenvalue weighted by molar-refractivity contribution is -0.123. The quantitative estimate of drug-likeness (QED) is 0.780. The van der Waals surface area contributed by atoms with Crippen LogP contribution >= 0.6 is 0 Å². The first-order valence-corrected chi connectivity index (χ1v) is 7.07. The van der Waals surface area contributed by atoms with E-state index < -0.39 is 0 Å². The number of nitrogens with two attached hydrogens (primary N) is 1. The Morgan fingerprint density at radius 3 is 2.06 bits per heavy atom. The summed E-state index contributed by atoms with van der Waals surface area (Å²) < 4.78 is 0. The van der Waals surface area contributed by atoms with Gasteiger partial charge in [-0.3, -0.25) is 4.79 Å². The van der Waals surface area contributed by atoms with Gasteiger partial charge in [0.15, 0.2) is 0 Å². The first-order valence-electron chi connectivity index (χ1n) is 7.07. The van der Waals surface area contributed by atoms with E-state index in [2.05, 4.69) is 5.32 Å². The molecule has 3 nitrogen and oxygen atoms in total. The molecule has 4 aliphatic rings. The third-order valence-electron chi connectivity index (χ3n) is 5.49. The van der Waals surface area contributed by atoms with Crippen molar-refractivity contribution in [3.8, 4) is 0 Å². The van der Waals surface area contributed by atoms with Crippen LogP contribution in [0.25, 0.3) is 0 Å². The van der Waals surface area contributed by atoms with Gasteiger partial charge in [-0.1, -0.05) is 0 Å². The lowest BCUT2D eigenvalue weighted by Gasteiger charge is -2.57. The molecule has 3 N–H and O–H groups in total. The van der Waals surface area contributed by atoms with E-state index in [1.165, 1.54) is 38.5 Å². The molecule has 0 spiro atoms. The van der Waals surface area contributed by atoms with Gasteiger partial charge in [-0.05, 0) is 75.2 Å². The van der Waals surface area contributed by atoms with Gasteiger partial charge in [0.1, 0.15) is 0 Å². The highest BCUT2D eigenvalue weighted by Gasteiger charge is 2.51. The standard InChI is InChI=1S/C14H24N2O/c1-16-12(13(15)17)8-14-5-9-2-10(6-14)4-11(3-9)7-14/h9-12,16H,2-8H2,1H3,(H2,15,17). The maximum Gasteiger partial charge on any atom is 0.234 e. The van der Waals surface area contributed by atoms with Crippen molar-refractivity contribution in [3.63, 3.8) is 0 Å². The number of likely N-dealkylation sites (N-methyl/N-ethyl adjacent to an activating group) is 1. The summed E-state index contributed by atoms with van der Waals surface area (Å²) in [7, 11) is 1.86. The summed E-state index contributed by atoms with van der Waals surface area (Å²) in [4.78, 5) is 11.4. The highest BCUT2D eigenvalue weighted by Crippen LogP contribution is 2.61. The molecule has 1 unspecified atom stereocenters. The zero-order valence-corrected chi connectivity index (χ0v) is 10.7. The third kappa shape index (κ3) is 1.99. The highest BCUT2D eigenvalue weighted by molar-refractivity contribution is 5.79. The molecule has 17 heavy (non-hydrogen) atoms. The molecule has 1 amide bonds. The van der Waals surface area contributed by atoms with Crippen molar-refractivity contribution in [3.05, 3.63) is 0 Å². The molecule has 3 heteroatoms. The second-order valence-corrected chi connectivity index (χ2v) is 6.87. The first kappa shape index (κ1) is 11.5. The van der Waals surface area contributed by atoms with Crippen molar-refractivity contribution < 1.29 is 4.79 Å². The molecular formula is C14H24N2O. The molecule has 4 saturated carbocycles. The number of carbonyl (C=O) groups excluding carboxylic acids is 1. The van der Waals surface area contributed by atoms with Gasteiger partial charge in [-0.2, -0.15) is 0 Å². The predicted octanol–water partition coefficient (Wildman–Crippen LogP) is 1.67. The van der Waals surface area contributed by atoms with Gasteiger partial charge < -0.3 is 11.1 Å². The predicted molar refractivity (Wildman–Crippen MR) is 67.3 cm³/mol. The summed E-state index contributed by atoms with van der Waals surface area (Å²) in [6.07, 6.45) is 9.40. The second kappa shape index (κ2) is 3.98. The number of nitrogens with one attached hydrogen (secondary N) is 1. The van der Waals surface area contributed by atoms with Crippen molar-refractivity contribution in [2.45, 2.75) is 51.0 Å². The van der Waals surface area contributed by atoms with E-state index in [9.17, 15) is 4.79 Å². The van der Waals surface area contributed by atoms with E-state index in [0.29, 0.717) is 5.41 Å². The topological polar surface area (TPSA) is 55.1 Å². The van der Waals surface area contributed by atoms with Gasteiger partial charge in [0.2, 0.25) is 5.91 Å². The fraction of sp³-hybridized carbons (Fsp3) is 0.929. The minimum absolute atomic E-state index is 0.119. The highest BCUT2D eigenvalue weighted by atomic mass is 16.1. The number of amides is 1.